The van der Waals surface area contributed by atoms with Crippen molar-refractivity contribution in [2.75, 3.05) is 0 Å². The monoisotopic (exact) mass is 318 g/mol. The number of carbonyl (C=O) groups excluding carboxylic acids is 1. The zero-order chi connectivity index (χ0) is 16.1. The molecule has 1 heterocycles. The van der Waals surface area contributed by atoms with Crippen molar-refractivity contribution in [2.45, 2.75) is 0 Å². The number of benzene rings is 1. The number of carbonyl (C=O) groups is 2. The molecule has 8 heteroatoms. The molecule has 0 aliphatic carbocycles. The Morgan fingerprint density at radius 1 is 1.18 bits per heavy atom. The summed E-state index contributed by atoms with van der Waals surface area (Å²) in [5.41, 5.74) is -0.0441. The molecule has 2 aromatic rings. The van der Waals surface area contributed by atoms with Gasteiger partial charge < -0.3 is 10.4 Å². The third kappa shape index (κ3) is 3.76. The Bertz CT molecular complexity index is 752. The second-order valence-corrected chi connectivity index (χ2v) is 5.21. The van der Waals surface area contributed by atoms with Crippen LogP contribution in [0.4, 0.5) is 5.00 Å². The summed E-state index contributed by atoms with van der Waals surface area (Å²) in [5, 5.41) is 21.9. The second kappa shape index (κ2) is 6.64. The molecule has 112 valence electrons. The van der Waals surface area contributed by atoms with E-state index in [1.807, 2.05) is 0 Å². The standard InChI is InChI=1S/C14H10N2O5S/c17-13(9-4-2-1-3-5-9)15-11(14(18)19)8-10-6-7-12(22-10)16(20)21/h1-8H,(H,15,17)(H,18,19)/b11-8+. The first-order chi connectivity index (χ1) is 10.5. The third-order valence-electron chi connectivity index (χ3n) is 2.59. The number of thiophene rings is 1. The molecule has 0 saturated heterocycles. The van der Waals surface area contributed by atoms with E-state index in [0.29, 0.717) is 10.4 Å². The minimum atomic E-state index is -1.33. The normalized spacial score (nSPS) is 11.0. The summed E-state index contributed by atoms with van der Waals surface area (Å²) in [4.78, 5) is 33.5. The number of nitrogens with one attached hydrogen (secondary N) is 1. The molecule has 1 amide bonds. The van der Waals surface area contributed by atoms with E-state index in [1.54, 1.807) is 30.3 Å². The van der Waals surface area contributed by atoms with Gasteiger partial charge in [0.25, 0.3) is 5.91 Å². The molecule has 0 aliphatic rings. The topological polar surface area (TPSA) is 110 Å². The maximum absolute atomic E-state index is 11.9. The van der Waals surface area contributed by atoms with Crippen molar-refractivity contribution in [3.63, 3.8) is 0 Å². The fourth-order valence-electron chi connectivity index (χ4n) is 1.60. The first kappa shape index (κ1) is 15.4. The summed E-state index contributed by atoms with van der Waals surface area (Å²) >= 11 is 0.820. The van der Waals surface area contributed by atoms with Crippen molar-refractivity contribution in [2.24, 2.45) is 0 Å². The van der Waals surface area contributed by atoms with Gasteiger partial charge in [-0.05, 0) is 24.3 Å². The summed E-state index contributed by atoms with van der Waals surface area (Å²) in [5.74, 6) is -1.90. The van der Waals surface area contributed by atoms with Gasteiger partial charge in [0.1, 0.15) is 5.70 Å². The summed E-state index contributed by atoms with van der Waals surface area (Å²) in [7, 11) is 0. The molecule has 1 aromatic carbocycles. The van der Waals surface area contributed by atoms with Gasteiger partial charge >= 0.3 is 11.0 Å². The zero-order valence-electron chi connectivity index (χ0n) is 11.1. The predicted octanol–water partition coefficient (Wildman–Crippen LogP) is 2.51. The highest BCUT2D eigenvalue weighted by atomic mass is 32.1. The molecule has 0 unspecified atom stereocenters. The molecule has 2 N–H and O–H groups in total. The number of nitro groups is 1. The van der Waals surface area contributed by atoms with Gasteiger partial charge in [0.2, 0.25) is 0 Å². The van der Waals surface area contributed by atoms with Crippen molar-refractivity contribution < 1.29 is 19.6 Å². The first-order valence-electron chi connectivity index (χ1n) is 6.03. The smallest absolute Gasteiger partial charge is 0.352 e. The molecule has 1 aromatic heterocycles. The molecule has 22 heavy (non-hydrogen) atoms. The summed E-state index contributed by atoms with van der Waals surface area (Å²) in [6.07, 6.45) is 1.18. The van der Waals surface area contributed by atoms with E-state index in [1.165, 1.54) is 18.2 Å². The van der Waals surface area contributed by atoms with Crippen molar-refractivity contribution in [3.05, 3.63) is 68.7 Å². The van der Waals surface area contributed by atoms with E-state index in [9.17, 15) is 19.7 Å². The van der Waals surface area contributed by atoms with E-state index in [0.717, 1.165) is 11.3 Å². The van der Waals surface area contributed by atoms with E-state index >= 15 is 0 Å². The Hall–Kier alpha value is -3.00. The molecule has 0 spiro atoms. The molecule has 2 rings (SSSR count). The second-order valence-electron chi connectivity index (χ2n) is 4.12. The summed E-state index contributed by atoms with van der Waals surface area (Å²) < 4.78 is 0. The van der Waals surface area contributed by atoms with Crippen LogP contribution in [0.3, 0.4) is 0 Å². The quantitative estimate of drug-likeness (QED) is 0.500. The number of rotatable bonds is 5. The van der Waals surface area contributed by atoms with Gasteiger partial charge in [0, 0.05) is 16.5 Å². The number of carboxylic acids is 1. The molecule has 0 saturated carbocycles. The van der Waals surface area contributed by atoms with Gasteiger partial charge in [-0.15, -0.1) is 0 Å². The van der Waals surface area contributed by atoms with E-state index in [-0.39, 0.29) is 10.7 Å². The molecule has 0 atom stereocenters. The molecule has 7 nitrogen and oxygen atoms in total. The fraction of sp³-hybridized carbons (Fsp3) is 0. The van der Waals surface area contributed by atoms with E-state index in [2.05, 4.69) is 5.32 Å². The highest BCUT2D eigenvalue weighted by Gasteiger charge is 2.15. The van der Waals surface area contributed by atoms with Crippen LogP contribution in [0.2, 0.25) is 0 Å². The lowest BCUT2D eigenvalue weighted by Crippen LogP contribution is -2.27. The van der Waals surface area contributed by atoms with Gasteiger partial charge in [-0.25, -0.2) is 4.79 Å². The summed E-state index contributed by atoms with van der Waals surface area (Å²) in [6.45, 7) is 0. The number of hydrogen-bond acceptors (Lipinski definition) is 5. The van der Waals surface area contributed by atoms with Crippen molar-refractivity contribution in [3.8, 4) is 0 Å². The summed E-state index contributed by atoms with van der Waals surface area (Å²) in [6, 6.07) is 10.8. The van der Waals surface area contributed by atoms with E-state index < -0.39 is 16.8 Å². The van der Waals surface area contributed by atoms with Crippen molar-refractivity contribution in [1.82, 2.24) is 5.32 Å². The molecular weight excluding hydrogens is 308 g/mol. The number of amides is 1. The largest absolute Gasteiger partial charge is 0.477 e. The average Bonchev–Trinajstić information content (AvgIpc) is 2.96. The first-order valence-corrected chi connectivity index (χ1v) is 6.84. The minimum Gasteiger partial charge on any atom is -0.477 e. The fourth-order valence-corrected chi connectivity index (χ4v) is 2.36. The van der Waals surface area contributed by atoms with Crippen LogP contribution < -0.4 is 5.32 Å². The minimum absolute atomic E-state index is 0.106. The number of carboxylic acid groups (broad SMARTS) is 1. The van der Waals surface area contributed by atoms with Crippen LogP contribution in [0, 0.1) is 10.1 Å². The van der Waals surface area contributed by atoms with Crippen LogP contribution >= 0.6 is 11.3 Å². The molecular formula is C14H10N2O5S. The maximum Gasteiger partial charge on any atom is 0.352 e. The van der Waals surface area contributed by atoms with Crippen LogP contribution in [0.1, 0.15) is 15.2 Å². The Balaban J connectivity index is 2.22. The van der Waals surface area contributed by atoms with E-state index in [4.69, 9.17) is 5.11 Å². The van der Waals surface area contributed by atoms with Gasteiger partial charge in [-0.2, -0.15) is 0 Å². The van der Waals surface area contributed by atoms with Crippen molar-refractivity contribution in [1.29, 1.82) is 0 Å². The molecule has 0 bridgehead atoms. The third-order valence-corrected chi connectivity index (χ3v) is 3.58. The van der Waals surface area contributed by atoms with Crippen LogP contribution in [0.25, 0.3) is 6.08 Å². The SMILES string of the molecule is O=C(O)/C(=C\c1ccc([N+](=O)[O-])s1)NC(=O)c1ccccc1. The predicted molar refractivity (Wildman–Crippen MR) is 80.5 cm³/mol. The number of aliphatic carboxylic acids is 1. The number of nitrogens with zero attached hydrogens (tertiary/aromatic N) is 1. The Morgan fingerprint density at radius 3 is 2.41 bits per heavy atom. The lowest BCUT2D eigenvalue weighted by molar-refractivity contribution is -0.380. The zero-order valence-corrected chi connectivity index (χ0v) is 11.9. The highest BCUT2D eigenvalue weighted by molar-refractivity contribution is 7.16. The van der Waals surface area contributed by atoms with Gasteiger partial charge in [0.15, 0.2) is 0 Å². The van der Waals surface area contributed by atoms with Crippen LogP contribution in [0.15, 0.2) is 48.2 Å². The number of hydrogen-bond donors (Lipinski definition) is 2. The van der Waals surface area contributed by atoms with Crippen LogP contribution in [0.5, 0.6) is 0 Å². The molecule has 0 radical (unpaired) electrons. The lowest BCUT2D eigenvalue weighted by Gasteiger charge is -2.05. The van der Waals surface area contributed by atoms with Crippen LogP contribution in [-0.4, -0.2) is 21.9 Å². The van der Waals surface area contributed by atoms with Gasteiger partial charge in [-0.3, -0.25) is 14.9 Å². The average molecular weight is 318 g/mol. The molecule has 0 aliphatic heterocycles. The Kier molecular flexibility index (Phi) is 4.64. The van der Waals surface area contributed by atoms with Gasteiger partial charge in [-0.1, -0.05) is 29.5 Å². The lowest BCUT2D eigenvalue weighted by atomic mass is 10.2. The highest BCUT2D eigenvalue weighted by Crippen LogP contribution is 2.25. The van der Waals surface area contributed by atoms with Crippen molar-refractivity contribution >= 4 is 34.3 Å². The van der Waals surface area contributed by atoms with Crippen LogP contribution in [-0.2, 0) is 4.79 Å². The maximum atomic E-state index is 11.9. The van der Waals surface area contributed by atoms with Gasteiger partial charge in [0.05, 0.1) is 4.92 Å². The molecule has 0 fully saturated rings. The Labute approximate surface area is 128 Å². The Morgan fingerprint density at radius 2 is 1.86 bits per heavy atom.